The summed E-state index contributed by atoms with van der Waals surface area (Å²) in [6, 6.07) is 7.81. The fourth-order valence-corrected chi connectivity index (χ4v) is 7.67. The van der Waals surface area contributed by atoms with Gasteiger partial charge in [-0.15, -0.1) is 0 Å². The molecule has 2 bridgehead atoms. The molecule has 4 fully saturated rings. The maximum Gasteiger partial charge on any atom is 0.119 e. The maximum atomic E-state index is 5.60. The van der Waals surface area contributed by atoms with E-state index in [1.54, 1.807) is 11.1 Å². The molecule has 25 heavy (non-hydrogen) atoms. The highest BCUT2D eigenvalue weighted by Gasteiger charge is 2.63. The lowest BCUT2D eigenvalue weighted by molar-refractivity contribution is -0.0761. The van der Waals surface area contributed by atoms with Crippen molar-refractivity contribution in [1.82, 2.24) is 4.90 Å². The lowest BCUT2D eigenvalue weighted by Crippen LogP contribution is -2.62. The van der Waals surface area contributed by atoms with Crippen LogP contribution >= 0.6 is 0 Å². The normalized spacial score (nSPS) is 42.0. The number of methoxy groups -OCH3 is 1. The zero-order valence-electron chi connectivity index (χ0n) is 15.5. The molecule has 6 rings (SSSR count). The number of hydrogen-bond acceptors (Lipinski definition) is 2. The molecule has 0 N–H and O–H groups in total. The third-order valence-corrected chi connectivity index (χ3v) is 8.80. The van der Waals surface area contributed by atoms with Gasteiger partial charge in [0.15, 0.2) is 0 Å². The SMILES string of the molecule is COc1ccc2c(c1)C1CCC3CCC14C3CCN(CC1CC1)C4C2. The molecule has 1 heterocycles. The fourth-order valence-electron chi connectivity index (χ4n) is 7.67. The Hall–Kier alpha value is -1.02. The number of likely N-dealkylation sites (tertiary alicyclic amines) is 1. The van der Waals surface area contributed by atoms with Gasteiger partial charge in [0.25, 0.3) is 0 Å². The van der Waals surface area contributed by atoms with Crippen molar-refractivity contribution in [3.8, 4) is 5.75 Å². The minimum absolute atomic E-state index is 0.593. The predicted molar refractivity (Wildman–Crippen MR) is 100 cm³/mol. The molecule has 0 aromatic heterocycles. The van der Waals surface area contributed by atoms with Gasteiger partial charge in [0, 0.05) is 12.6 Å². The number of ether oxygens (including phenoxy) is 1. The fraction of sp³-hybridized carbons (Fsp3) is 0.739. The van der Waals surface area contributed by atoms with E-state index in [9.17, 15) is 0 Å². The lowest BCUT2D eigenvalue weighted by Gasteiger charge is -2.61. The number of fused-ring (bicyclic) bond motifs is 2. The highest BCUT2D eigenvalue weighted by atomic mass is 16.5. The van der Waals surface area contributed by atoms with Gasteiger partial charge in [-0.2, -0.15) is 0 Å². The average Bonchev–Trinajstić information content (AvgIpc) is 3.42. The third kappa shape index (κ3) is 2.01. The molecule has 1 aliphatic heterocycles. The highest BCUT2D eigenvalue weighted by molar-refractivity contribution is 5.44. The Balaban J connectivity index is 1.47. The Morgan fingerprint density at radius 1 is 1.12 bits per heavy atom. The van der Waals surface area contributed by atoms with Gasteiger partial charge in [0.05, 0.1) is 7.11 Å². The first-order valence-corrected chi connectivity index (χ1v) is 10.7. The van der Waals surface area contributed by atoms with Crippen molar-refractivity contribution in [1.29, 1.82) is 0 Å². The van der Waals surface area contributed by atoms with E-state index in [0.29, 0.717) is 5.41 Å². The number of piperidine rings is 1. The molecule has 3 saturated carbocycles. The van der Waals surface area contributed by atoms with E-state index in [0.717, 1.165) is 35.5 Å². The van der Waals surface area contributed by atoms with Crippen LogP contribution in [0.15, 0.2) is 18.2 Å². The molecule has 1 aromatic carbocycles. The van der Waals surface area contributed by atoms with Gasteiger partial charge in [0.2, 0.25) is 0 Å². The summed E-state index contributed by atoms with van der Waals surface area (Å²) in [7, 11) is 1.82. The van der Waals surface area contributed by atoms with E-state index < -0.39 is 0 Å². The van der Waals surface area contributed by atoms with Crippen LogP contribution in [-0.2, 0) is 6.42 Å². The van der Waals surface area contributed by atoms with E-state index in [1.807, 2.05) is 7.11 Å². The number of hydrogen-bond donors (Lipinski definition) is 0. The molecule has 5 atom stereocenters. The van der Waals surface area contributed by atoms with Gasteiger partial charge in [-0.25, -0.2) is 0 Å². The molecule has 2 nitrogen and oxygen atoms in total. The number of nitrogens with zero attached hydrogens (tertiary/aromatic N) is 1. The third-order valence-electron chi connectivity index (χ3n) is 8.80. The van der Waals surface area contributed by atoms with Gasteiger partial charge < -0.3 is 4.74 Å². The minimum Gasteiger partial charge on any atom is -0.497 e. The van der Waals surface area contributed by atoms with Gasteiger partial charge in [-0.05, 0) is 110 Å². The maximum absolute atomic E-state index is 5.60. The summed E-state index contributed by atoms with van der Waals surface area (Å²) in [5.41, 5.74) is 3.89. The monoisotopic (exact) mass is 337 g/mol. The Morgan fingerprint density at radius 3 is 2.88 bits per heavy atom. The van der Waals surface area contributed by atoms with Crippen molar-refractivity contribution in [2.75, 3.05) is 20.2 Å². The van der Waals surface area contributed by atoms with Crippen molar-refractivity contribution in [3.05, 3.63) is 29.3 Å². The second-order valence-electron chi connectivity index (χ2n) is 9.66. The summed E-state index contributed by atoms with van der Waals surface area (Å²) in [6.07, 6.45) is 11.6. The number of rotatable bonds is 3. The molecule has 1 spiro atoms. The van der Waals surface area contributed by atoms with Crippen LogP contribution in [0.3, 0.4) is 0 Å². The molecule has 2 heteroatoms. The van der Waals surface area contributed by atoms with E-state index in [4.69, 9.17) is 4.74 Å². The second-order valence-corrected chi connectivity index (χ2v) is 9.66. The quantitative estimate of drug-likeness (QED) is 0.797. The summed E-state index contributed by atoms with van der Waals surface area (Å²) >= 11 is 0. The Labute approximate surface area is 151 Å². The summed E-state index contributed by atoms with van der Waals surface area (Å²) in [5, 5.41) is 0. The van der Waals surface area contributed by atoms with Crippen LogP contribution in [0.4, 0.5) is 0 Å². The van der Waals surface area contributed by atoms with Crippen LogP contribution in [0.5, 0.6) is 5.75 Å². The molecule has 1 saturated heterocycles. The van der Waals surface area contributed by atoms with E-state index in [-0.39, 0.29) is 0 Å². The lowest BCUT2D eigenvalue weighted by atomic mass is 9.50. The van der Waals surface area contributed by atoms with Gasteiger partial charge in [-0.1, -0.05) is 6.07 Å². The Bertz CT molecular complexity index is 695. The molecule has 0 radical (unpaired) electrons. The van der Waals surface area contributed by atoms with Crippen LogP contribution in [0.2, 0.25) is 0 Å². The van der Waals surface area contributed by atoms with Crippen LogP contribution in [0.25, 0.3) is 0 Å². The topological polar surface area (TPSA) is 12.5 Å². The number of benzene rings is 1. The zero-order chi connectivity index (χ0) is 16.6. The Kier molecular flexibility index (Phi) is 3.17. The molecule has 5 unspecified atom stereocenters. The second kappa shape index (κ2) is 5.25. The highest BCUT2D eigenvalue weighted by Crippen LogP contribution is 2.69. The standard InChI is InChI=1S/C23H31NO/c1-25-18-6-4-17-12-22-23-10-8-16(5-7-21(23)19(17)13-18)20(23)9-11-24(22)14-15-2-3-15/h4,6,13,15-16,20-22H,2-3,5,7-12,14H2,1H3. The van der Waals surface area contributed by atoms with Crippen molar-refractivity contribution in [3.63, 3.8) is 0 Å². The van der Waals surface area contributed by atoms with Crippen LogP contribution in [0.1, 0.15) is 62.0 Å². The van der Waals surface area contributed by atoms with Crippen molar-refractivity contribution in [2.45, 2.75) is 63.3 Å². The minimum atomic E-state index is 0.593. The predicted octanol–water partition coefficient (Wildman–Crippen LogP) is 4.63. The van der Waals surface area contributed by atoms with Crippen molar-refractivity contribution in [2.24, 2.45) is 23.2 Å². The molecule has 134 valence electrons. The van der Waals surface area contributed by atoms with Crippen molar-refractivity contribution >= 4 is 0 Å². The van der Waals surface area contributed by atoms with Crippen LogP contribution < -0.4 is 4.74 Å². The molecular formula is C23H31NO. The molecular weight excluding hydrogens is 306 g/mol. The first-order valence-electron chi connectivity index (χ1n) is 10.7. The summed E-state index contributed by atoms with van der Waals surface area (Å²) in [5.74, 6) is 4.92. The van der Waals surface area contributed by atoms with Crippen LogP contribution in [-0.4, -0.2) is 31.1 Å². The molecule has 0 amide bonds. The first-order chi connectivity index (χ1) is 12.3. The van der Waals surface area contributed by atoms with Crippen molar-refractivity contribution < 1.29 is 4.74 Å². The van der Waals surface area contributed by atoms with Gasteiger partial charge in [0.1, 0.15) is 5.75 Å². The summed E-state index contributed by atoms with van der Waals surface area (Å²) < 4.78 is 5.60. The van der Waals surface area contributed by atoms with Gasteiger partial charge in [-0.3, -0.25) is 4.90 Å². The Morgan fingerprint density at radius 2 is 2.04 bits per heavy atom. The molecule has 1 aromatic rings. The molecule has 4 aliphatic carbocycles. The van der Waals surface area contributed by atoms with E-state index >= 15 is 0 Å². The summed E-state index contributed by atoms with van der Waals surface area (Å²) in [6.45, 7) is 2.77. The molecule has 5 aliphatic rings. The summed E-state index contributed by atoms with van der Waals surface area (Å²) in [4.78, 5) is 2.96. The van der Waals surface area contributed by atoms with Gasteiger partial charge >= 0.3 is 0 Å². The average molecular weight is 338 g/mol. The first kappa shape index (κ1) is 15.1. The van der Waals surface area contributed by atoms with E-state index in [1.165, 1.54) is 64.5 Å². The van der Waals surface area contributed by atoms with E-state index in [2.05, 4.69) is 23.1 Å². The zero-order valence-corrected chi connectivity index (χ0v) is 15.5. The largest absolute Gasteiger partial charge is 0.497 e. The van der Waals surface area contributed by atoms with Crippen LogP contribution in [0, 0.1) is 23.2 Å². The smallest absolute Gasteiger partial charge is 0.119 e.